The third kappa shape index (κ3) is 1.43. The quantitative estimate of drug-likeness (QED) is 0.637. The van der Waals surface area contributed by atoms with Crippen molar-refractivity contribution in [3.63, 3.8) is 0 Å². The zero-order valence-corrected chi connectivity index (χ0v) is 7.42. The fourth-order valence-corrected chi connectivity index (χ4v) is 0.996. The van der Waals surface area contributed by atoms with Crippen LogP contribution in [-0.4, -0.2) is 24.7 Å². The Kier molecular flexibility index (Phi) is 1.91. The summed E-state index contributed by atoms with van der Waals surface area (Å²) in [5, 5.41) is 12.4. The van der Waals surface area contributed by atoms with Gasteiger partial charge in [0, 0.05) is 12.3 Å². The molecule has 0 saturated carbocycles. The summed E-state index contributed by atoms with van der Waals surface area (Å²) in [6.07, 6.45) is 3.08. The molecule has 2 rings (SSSR count). The van der Waals surface area contributed by atoms with E-state index in [4.69, 9.17) is 5.26 Å². The van der Waals surface area contributed by atoms with Gasteiger partial charge in [0.2, 0.25) is 0 Å². The van der Waals surface area contributed by atoms with Crippen LogP contribution >= 0.6 is 0 Å². The highest BCUT2D eigenvalue weighted by molar-refractivity contribution is 5.19. The van der Waals surface area contributed by atoms with Crippen LogP contribution in [0.25, 0.3) is 5.82 Å². The molecule has 0 N–H and O–H groups in total. The number of hydrogen-bond acceptors (Lipinski definition) is 5. The molecule has 2 aromatic rings. The maximum Gasteiger partial charge on any atom is 0.252 e. The standard InChI is InChI=1S/C8H6N6/c1-6-10-3-2-8(12-6)14-5-11-7(4-9)13-14/h2-3,5H,1H3. The molecule has 0 atom stereocenters. The van der Waals surface area contributed by atoms with E-state index in [1.165, 1.54) is 11.0 Å². The Morgan fingerprint density at radius 2 is 2.29 bits per heavy atom. The SMILES string of the molecule is Cc1nccc(-n2cnc(C#N)n2)n1. The van der Waals surface area contributed by atoms with E-state index in [9.17, 15) is 0 Å². The Morgan fingerprint density at radius 3 is 2.93 bits per heavy atom. The normalized spacial score (nSPS) is 9.71. The Hall–Kier alpha value is -2.29. The summed E-state index contributed by atoms with van der Waals surface area (Å²) in [5.41, 5.74) is 0. The topological polar surface area (TPSA) is 80.3 Å². The van der Waals surface area contributed by atoms with Gasteiger partial charge in [-0.25, -0.2) is 19.6 Å². The minimum absolute atomic E-state index is 0.126. The van der Waals surface area contributed by atoms with Crippen LogP contribution in [-0.2, 0) is 0 Å². The minimum atomic E-state index is 0.126. The molecule has 0 fully saturated rings. The van der Waals surface area contributed by atoms with E-state index in [0.29, 0.717) is 11.6 Å². The van der Waals surface area contributed by atoms with Gasteiger partial charge in [0.15, 0.2) is 5.82 Å². The number of aryl methyl sites for hydroxylation is 1. The van der Waals surface area contributed by atoms with Crippen LogP contribution in [0.3, 0.4) is 0 Å². The molecule has 0 aliphatic carbocycles. The number of aromatic nitrogens is 5. The largest absolute Gasteiger partial charge is 0.252 e. The molecule has 0 aliphatic rings. The van der Waals surface area contributed by atoms with Crippen molar-refractivity contribution in [1.29, 1.82) is 5.26 Å². The molecule has 0 bridgehead atoms. The highest BCUT2D eigenvalue weighted by Gasteiger charge is 2.02. The van der Waals surface area contributed by atoms with Gasteiger partial charge in [-0.15, -0.1) is 5.10 Å². The monoisotopic (exact) mass is 186 g/mol. The van der Waals surface area contributed by atoms with Gasteiger partial charge in [-0.05, 0) is 6.92 Å². The lowest BCUT2D eigenvalue weighted by molar-refractivity contribution is 0.822. The molecule has 0 spiro atoms. The lowest BCUT2D eigenvalue weighted by Gasteiger charge is -1.97. The second kappa shape index (κ2) is 3.22. The van der Waals surface area contributed by atoms with Gasteiger partial charge in [0.25, 0.3) is 5.82 Å². The fraction of sp³-hybridized carbons (Fsp3) is 0.125. The summed E-state index contributed by atoms with van der Waals surface area (Å²) in [6, 6.07) is 3.54. The Bertz CT molecular complexity index is 495. The van der Waals surface area contributed by atoms with Crippen molar-refractivity contribution in [2.45, 2.75) is 6.92 Å². The molecule has 2 aromatic heterocycles. The maximum atomic E-state index is 8.53. The van der Waals surface area contributed by atoms with Crippen molar-refractivity contribution < 1.29 is 0 Å². The van der Waals surface area contributed by atoms with Crippen molar-refractivity contribution >= 4 is 0 Å². The molecule has 0 aliphatic heterocycles. The first-order valence-electron chi connectivity index (χ1n) is 3.91. The molecule has 0 unspecified atom stereocenters. The van der Waals surface area contributed by atoms with Gasteiger partial charge in [0.1, 0.15) is 18.2 Å². The van der Waals surface area contributed by atoms with Crippen molar-refractivity contribution in [3.8, 4) is 11.9 Å². The molecule has 0 radical (unpaired) electrons. The fourth-order valence-electron chi connectivity index (χ4n) is 0.996. The highest BCUT2D eigenvalue weighted by Crippen LogP contribution is 2.00. The predicted octanol–water partition coefficient (Wildman–Crippen LogP) is 0.237. The lowest BCUT2D eigenvalue weighted by atomic mass is 10.5. The summed E-state index contributed by atoms with van der Waals surface area (Å²) in [6.45, 7) is 1.78. The molecule has 6 heteroatoms. The first-order chi connectivity index (χ1) is 6.79. The second-order valence-electron chi connectivity index (χ2n) is 2.59. The number of rotatable bonds is 1. The van der Waals surface area contributed by atoms with Gasteiger partial charge < -0.3 is 0 Å². The zero-order chi connectivity index (χ0) is 9.97. The number of nitriles is 1. The second-order valence-corrected chi connectivity index (χ2v) is 2.59. The number of hydrogen-bond donors (Lipinski definition) is 0. The lowest BCUT2D eigenvalue weighted by Crippen LogP contribution is -2.00. The average Bonchev–Trinajstić information content (AvgIpc) is 2.66. The van der Waals surface area contributed by atoms with Crippen LogP contribution in [0.1, 0.15) is 11.6 Å². The molecule has 68 valence electrons. The molecular weight excluding hydrogens is 180 g/mol. The van der Waals surface area contributed by atoms with E-state index in [1.807, 2.05) is 6.07 Å². The summed E-state index contributed by atoms with van der Waals surface area (Å²) >= 11 is 0. The van der Waals surface area contributed by atoms with Crippen molar-refractivity contribution in [1.82, 2.24) is 24.7 Å². The van der Waals surface area contributed by atoms with Crippen LogP contribution in [0.15, 0.2) is 18.6 Å². The van der Waals surface area contributed by atoms with Gasteiger partial charge in [-0.3, -0.25) is 0 Å². The molecular formula is C8H6N6. The average molecular weight is 186 g/mol. The predicted molar refractivity (Wildman–Crippen MR) is 46.4 cm³/mol. The van der Waals surface area contributed by atoms with Crippen LogP contribution in [0, 0.1) is 18.3 Å². The van der Waals surface area contributed by atoms with Gasteiger partial charge in [0.05, 0.1) is 0 Å². The molecule has 2 heterocycles. The summed E-state index contributed by atoms with van der Waals surface area (Å²) < 4.78 is 1.44. The third-order valence-electron chi connectivity index (χ3n) is 1.59. The van der Waals surface area contributed by atoms with Gasteiger partial charge >= 0.3 is 0 Å². The molecule has 0 aromatic carbocycles. The first-order valence-corrected chi connectivity index (χ1v) is 3.91. The van der Waals surface area contributed by atoms with Crippen LogP contribution in [0.2, 0.25) is 0 Å². The molecule has 14 heavy (non-hydrogen) atoms. The Labute approximate surface area is 79.9 Å². The zero-order valence-electron chi connectivity index (χ0n) is 7.42. The Morgan fingerprint density at radius 1 is 1.43 bits per heavy atom. The van der Waals surface area contributed by atoms with E-state index in [0.717, 1.165) is 0 Å². The highest BCUT2D eigenvalue weighted by atomic mass is 15.4. The maximum absolute atomic E-state index is 8.53. The molecule has 6 nitrogen and oxygen atoms in total. The van der Waals surface area contributed by atoms with Crippen molar-refractivity contribution in [2.24, 2.45) is 0 Å². The first kappa shape index (κ1) is 8.31. The van der Waals surface area contributed by atoms with E-state index in [1.54, 1.807) is 19.2 Å². The van der Waals surface area contributed by atoms with Crippen molar-refractivity contribution in [2.75, 3.05) is 0 Å². The van der Waals surface area contributed by atoms with E-state index < -0.39 is 0 Å². The van der Waals surface area contributed by atoms with Gasteiger partial charge in [-0.2, -0.15) is 5.26 Å². The minimum Gasteiger partial charge on any atom is -0.242 e. The van der Waals surface area contributed by atoms with Crippen LogP contribution < -0.4 is 0 Å². The smallest absolute Gasteiger partial charge is 0.242 e. The Balaban J connectivity index is 2.45. The van der Waals surface area contributed by atoms with E-state index >= 15 is 0 Å². The summed E-state index contributed by atoms with van der Waals surface area (Å²) in [7, 11) is 0. The number of nitrogens with zero attached hydrogens (tertiary/aromatic N) is 6. The van der Waals surface area contributed by atoms with Crippen molar-refractivity contribution in [3.05, 3.63) is 30.2 Å². The summed E-state index contributed by atoms with van der Waals surface area (Å²) in [4.78, 5) is 11.9. The van der Waals surface area contributed by atoms with Gasteiger partial charge in [-0.1, -0.05) is 0 Å². The third-order valence-corrected chi connectivity index (χ3v) is 1.59. The van der Waals surface area contributed by atoms with Crippen LogP contribution in [0.4, 0.5) is 0 Å². The van der Waals surface area contributed by atoms with Crippen LogP contribution in [0.5, 0.6) is 0 Å². The molecule has 0 saturated heterocycles. The summed E-state index contributed by atoms with van der Waals surface area (Å²) in [5.74, 6) is 1.38. The molecule has 0 amide bonds. The van der Waals surface area contributed by atoms with E-state index in [-0.39, 0.29) is 5.82 Å². The van der Waals surface area contributed by atoms with E-state index in [2.05, 4.69) is 20.1 Å².